The summed E-state index contributed by atoms with van der Waals surface area (Å²) in [5, 5.41) is 5.70. The van der Waals surface area contributed by atoms with Gasteiger partial charge in [0.15, 0.2) is 0 Å². The SMILES string of the molecule is CCCNC(c1ccoc1)c1csc(Br)c1. The van der Waals surface area contributed by atoms with E-state index < -0.39 is 0 Å². The molecule has 1 N–H and O–H groups in total. The van der Waals surface area contributed by atoms with Crippen LogP contribution in [0.5, 0.6) is 0 Å². The van der Waals surface area contributed by atoms with Crippen LogP contribution in [0, 0.1) is 0 Å². The summed E-state index contributed by atoms with van der Waals surface area (Å²) in [6, 6.07) is 4.41. The zero-order valence-corrected chi connectivity index (χ0v) is 11.5. The zero-order chi connectivity index (χ0) is 11.4. The van der Waals surface area contributed by atoms with E-state index in [1.807, 2.05) is 6.07 Å². The molecule has 0 amide bonds. The predicted octanol–water partition coefficient (Wildman–Crippen LogP) is 4.19. The quantitative estimate of drug-likeness (QED) is 0.895. The van der Waals surface area contributed by atoms with Crippen LogP contribution in [0.4, 0.5) is 0 Å². The highest BCUT2D eigenvalue weighted by Gasteiger charge is 2.15. The molecule has 1 unspecified atom stereocenters. The lowest BCUT2D eigenvalue weighted by Crippen LogP contribution is -2.22. The summed E-state index contributed by atoms with van der Waals surface area (Å²) in [5.41, 5.74) is 2.46. The predicted molar refractivity (Wildman–Crippen MR) is 70.9 cm³/mol. The minimum atomic E-state index is 0.237. The van der Waals surface area contributed by atoms with Crippen LogP contribution >= 0.6 is 27.3 Å². The molecular formula is C12H14BrNOS. The highest BCUT2D eigenvalue weighted by Crippen LogP contribution is 2.29. The zero-order valence-electron chi connectivity index (χ0n) is 9.07. The van der Waals surface area contributed by atoms with Crippen LogP contribution in [0.1, 0.15) is 30.5 Å². The second-order valence-electron chi connectivity index (χ2n) is 3.63. The van der Waals surface area contributed by atoms with Crippen molar-refractivity contribution in [2.75, 3.05) is 6.54 Å². The molecule has 0 bridgehead atoms. The van der Waals surface area contributed by atoms with E-state index in [0.717, 1.165) is 16.8 Å². The van der Waals surface area contributed by atoms with Crippen molar-refractivity contribution < 1.29 is 4.42 Å². The highest BCUT2D eigenvalue weighted by molar-refractivity contribution is 9.11. The van der Waals surface area contributed by atoms with Crippen LogP contribution in [0.2, 0.25) is 0 Å². The molecule has 4 heteroatoms. The van der Waals surface area contributed by atoms with E-state index in [9.17, 15) is 0 Å². The number of furan rings is 1. The Morgan fingerprint density at radius 2 is 2.38 bits per heavy atom. The number of nitrogens with one attached hydrogen (secondary N) is 1. The average molecular weight is 300 g/mol. The Kier molecular flexibility index (Phi) is 4.21. The molecule has 0 aliphatic heterocycles. The molecule has 86 valence electrons. The molecule has 2 aromatic heterocycles. The first-order valence-electron chi connectivity index (χ1n) is 5.30. The average Bonchev–Trinajstić information content (AvgIpc) is 2.91. The fourth-order valence-corrected chi connectivity index (χ4v) is 2.83. The highest BCUT2D eigenvalue weighted by atomic mass is 79.9. The first-order chi connectivity index (χ1) is 7.81. The van der Waals surface area contributed by atoms with Gasteiger partial charge in [0.05, 0.1) is 22.4 Å². The molecule has 2 nitrogen and oxygen atoms in total. The van der Waals surface area contributed by atoms with E-state index >= 15 is 0 Å². The van der Waals surface area contributed by atoms with Crippen LogP contribution in [0.3, 0.4) is 0 Å². The second kappa shape index (κ2) is 5.66. The standard InChI is InChI=1S/C12H14BrNOS/c1-2-4-14-12(9-3-5-15-7-9)10-6-11(13)16-8-10/h3,5-8,12,14H,2,4H2,1H3. The van der Waals surface area contributed by atoms with Gasteiger partial charge in [0, 0.05) is 5.56 Å². The molecule has 0 spiro atoms. The van der Waals surface area contributed by atoms with Crippen LogP contribution in [-0.2, 0) is 0 Å². The maximum Gasteiger partial charge on any atom is 0.0953 e. The van der Waals surface area contributed by atoms with E-state index in [1.54, 1.807) is 23.9 Å². The third-order valence-corrected chi connectivity index (χ3v) is 3.92. The minimum Gasteiger partial charge on any atom is -0.472 e. The monoisotopic (exact) mass is 299 g/mol. The van der Waals surface area contributed by atoms with Crippen LogP contribution in [0.15, 0.2) is 38.2 Å². The maximum atomic E-state index is 5.16. The lowest BCUT2D eigenvalue weighted by molar-refractivity contribution is 0.548. The fourth-order valence-electron chi connectivity index (χ4n) is 1.63. The van der Waals surface area contributed by atoms with Gasteiger partial charge in [0.25, 0.3) is 0 Å². The number of thiophene rings is 1. The normalized spacial score (nSPS) is 12.9. The van der Waals surface area contributed by atoms with E-state index in [1.165, 1.54) is 11.1 Å². The minimum absolute atomic E-state index is 0.237. The Morgan fingerprint density at radius 1 is 1.50 bits per heavy atom. The van der Waals surface area contributed by atoms with Gasteiger partial charge >= 0.3 is 0 Å². The Balaban J connectivity index is 2.21. The van der Waals surface area contributed by atoms with Crippen molar-refractivity contribution in [1.82, 2.24) is 5.32 Å². The van der Waals surface area contributed by atoms with E-state index in [2.05, 4.69) is 39.6 Å². The van der Waals surface area contributed by atoms with Gasteiger partial charge in [-0.05, 0) is 52.0 Å². The number of hydrogen-bond donors (Lipinski definition) is 1. The van der Waals surface area contributed by atoms with Crippen molar-refractivity contribution in [1.29, 1.82) is 0 Å². The molecule has 0 fully saturated rings. The Bertz CT molecular complexity index is 424. The molecule has 16 heavy (non-hydrogen) atoms. The third-order valence-electron chi connectivity index (χ3n) is 2.40. The molecule has 0 radical (unpaired) electrons. The van der Waals surface area contributed by atoms with Gasteiger partial charge in [-0.2, -0.15) is 0 Å². The molecule has 0 aliphatic rings. The van der Waals surface area contributed by atoms with Gasteiger partial charge in [-0.25, -0.2) is 0 Å². The smallest absolute Gasteiger partial charge is 0.0953 e. The molecule has 2 aromatic rings. The van der Waals surface area contributed by atoms with Crippen molar-refractivity contribution in [2.45, 2.75) is 19.4 Å². The van der Waals surface area contributed by atoms with Gasteiger partial charge in [0.1, 0.15) is 0 Å². The van der Waals surface area contributed by atoms with Crippen LogP contribution in [0.25, 0.3) is 0 Å². The molecule has 0 aromatic carbocycles. The summed E-state index contributed by atoms with van der Waals surface area (Å²) >= 11 is 5.21. The van der Waals surface area contributed by atoms with Gasteiger partial charge in [-0.15, -0.1) is 11.3 Å². The third kappa shape index (κ3) is 2.75. The van der Waals surface area contributed by atoms with Crippen molar-refractivity contribution in [3.63, 3.8) is 0 Å². The van der Waals surface area contributed by atoms with Gasteiger partial charge in [-0.1, -0.05) is 6.92 Å². The second-order valence-corrected chi connectivity index (χ2v) is 5.92. The largest absolute Gasteiger partial charge is 0.472 e. The molecule has 0 aliphatic carbocycles. The summed E-state index contributed by atoms with van der Waals surface area (Å²) < 4.78 is 6.32. The molecule has 1 atom stereocenters. The number of halogens is 1. The molecular weight excluding hydrogens is 286 g/mol. The van der Waals surface area contributed by atoms with E-state index in [4.69, 9.17) is 4.42 Å². The molecule has 0 saturated heterocycles. The molecule has 0 saturated carbocycles. The molecule has 2 rings (SSSR count). The van der Waals surface area contributed by atoms with Crippen molar-refractivity contribution in [3.8, 4) is 0 Å². The molecule has 2 heterocycles. The fraction of sp³-hybridized carbons (Fsp3) is 0.333. The summed E-state index contributed by atoms with van der Waals surface area (Å²) in [6.45, 7) is 3.17. The Hall–Kier alpha value is -0.580. The number of rotatable bonds is 5. The van der Waals surface area contributed by atoms with Gasteiger partial charge < -0.3 is 9.73 Å². The van der Waals surface area contributed by atoms with Gasteiger partial charge in [0.2, 0.25) is 0 Å². The summed E-state index contributed by atoms with van der Waals surface area (Å²) in [4.78, 5) is 0. The first-order valence-corrected chi connectivity index (χ1v) is 6.98. The van der Waals surface area contributed by atoms with E-state index in [0.29, 0.717) is 0 Å². The van der Waals surface area contributed by atoms with Crippen molar-refractivity contribution in [3.05, 3.63) is 45.0 Å². The Labute approximate surface area is 108 Å². The maximum absolute atomic E-state index is 5.16. The first kappa shape index (κ1) is 11.9. The van der Waals surface area contributed by atoms with Crippen LogP contribution in [-0.4, -0.2) is 6.54 Å². The van der Waals surface area contributed by atoms with Gasteiger partial charge in [-0.3, -0.25) is 0 Å². The number of hydrogen-bond acceptors (Lipinski definition) is 3. The Morgan fingerprint density at radius 3 is 2.94 bits per heavy atom. The van der Waals surface area contributed by atoms with Crippen molar-refractivity contribution in [2.24, 2.45) is 0 Å². The van der Waals surface area contributed by atoms with E-state index in [-0.39, 0.29) is 6.04 Å². The lowest BCUT2D eigenvalue weighted by Gasteiger charge is -2.15. The summed E-state index contributed by atoms with van der Waals surface area (Å²) in [5.74, 6) is 0. The summed E-state index contributed by atoms with van der Waals surface area (Å²) in [7, 11) is 0. The topological polar surface area (TPSA) is 25.2 Å². The lowest BCUT2D eigenvalue weighted by atomic mass is 10.0. The summed E-state index contributed by atoms with van der Waals surface area (Å²) in [6.07, 6.45) is 4.65. The van der Waals surface area contributed by atoms with Crippen LogP contribution < -0.4 is 5.32 Å². The van der Waals surface area contributed by atoms with Crippen molar-refractivity contribution >= 4 is 27.3 Å².